The standard InChI is InChI=1S/C19H32N2O3S.ClH/c1-7-8-9-14-10-11-25-17(14)15(18(23)24-19(2,3)4)12-20-13-16(22)21(5)6;/h10-11,15,20H,7-9,12-13H2,1-6H3;1H. The summed E-state index contributed by atoms with van der Waals surface area (Å²) in [6.07, 6.45) is 3.17. The summed E-state index contributed by atoms with van der Waals surface area (Å²) in [5.74, 6) is -0.640. The van der Waals surface area contributed by atoms with E-state index in [0.29, 0.717) is 6.54 Å². The molecule has 0 aliphatic rings. The molecular weight excluding hydrogens is 372 g/mol. The number of carbonyl (C=O) groups is 2. The summed E-state index contributed by atoms with van der Waals surface area (Å²) in [6, 6.07) is 2.10. The van der Waals surface area contributed by atoms with Crippen LogP contribution in [0.5, 0.6) is 0 Å². The van der Waals surface area contributed by atoms with Crippen LogP contribution in [-0.2, 0) is 20.7 Å². The van der Waals surface area contributed by atoms with Crippen LogP contribution in [0.25, 0.3) is 0 Å². The summed E-state index contributed by atoms with van der Waals surface area (Å²) in [4.78, 5) is 27.1. The smallest absolute Gasteiger partial charge is 0.316 e. The third kappa shape index (κ3) is 8.52. The first-order valence-corrected chi connectivity index (χ1v) is 9.73. The van der Waals surface area contributed by atoms with Crippen molar-refractivity contribution in [2.24, 2.45) is 0 Å². The number of nitrogens with one attached hydrogen (secondary N) is 1. The van der Waals surface area contributed by atoms with Crippen LogP contribution < -0.4 is 5.32 Å². The molecule has 0 aromatic carbocycles. The second kappa shape index (κ2) is 11.6. The number of rotatable bonds is 9. The van der Waals surface area contributed by atoms with Gasteiger partial charge in [0.25, 0.3) is 0 Å². The summed E-state index contributed by atoms with van der Waals surface area (Å²) in [7, 11) is 3.44. The quantitative estimate of drug-likeness (QED) is 0.638. The molecule has 1 amide bonds. The maximum Gasteiger partial charge on any atom is 0.316 e. The van der Waals surface area contributed by atoms with Gasteiger partial charge in [0.15, 0.2) is 0 Å². The molecule has 26 heavy (non-hydrogen) atoms. The van der Waals surface area contributed by atoms with Crippen LogP contribution in [0.1, 0.15) is 56.9 Å². The fraction of sp³-hybridized carbons (Fsp3) is 0.684. The van der Waals surface area contributed by atoms with Crippen molar-refractivity contribution in [3.8, 4) is 0 Å². The van der Waals surface area contributed by atoms with Crippen molar-refractivity contribution < 1.29 is 14.3 Å². The molecule has 0 fully saturated rings. The highest BCUT2D eigenvalue weighted by atomic mass is 35.5. The Kier molecular flexibility index (Phi) is 11.1. The van der Waals surface area contributed by atoms with Gasteiger partial charge in [0, 0.05) is 25.5 Å². The Labute approximate surface area is 167 Å². The zero-order valence-electron chi connectivity index (χ0n) is 16.8. The lowest BCUT2D eigenvalue weighted by Crippen LogP contribution is -2.38. The number of unbranched alkanes of at least 4 members (excludes halogenated alkanes) is 1. The summed E-state index contributed by atoms with van der Waals surface area (Å²) < 4.78 is 5.62. The van der Waals surface area contributed by atoms with Gasteiger partial charge in [-0.25, -0.2) is 0 Å². The number of halogens is 1. The first-order valence-electron chi connectivity index (χ1n) is 8.85. The third-order valence-corrected chi connectivity index (χ3v) is 4.78. The van der Waals surface area contributed by atoms with Crippen LogP contribution >= 0.6 is 23.7 Å². The Hall–Kier alpha value is -1.11. The first kappa shape index (κ1) is 24.9. The molecule has 1 atom stereocenters. The van der Waals surface area contributed by atoms with Crippen molar-refractivity contribution in [2.75, 3.05) is 27.2 Å². The molecule has 0 aliphatic carbocycles. The number of hydrogen-bond donors (Lipinski definition) is 1. The average Bonchev–Trinajstić information content (AvgIpc) is 2.95. The number of aryl methyl sites for hydroxylation is 1. The highest BCUT2D eigenvalue weighted by Crippen LogP contribution is 2.29. The fourth-order valence-electron chi connectivity index (χ4n) is 2.36. The number of hydrogen-bond acceptors (Lipinski definition) is 5. The Bertz CT molecular complexity index is 567. The maximum atomic E-state index is 12.7. The van der Waals surface area contributed by atoms with Gasteiger partial charge in [0.2, 0.25) is 5.91 Å². The lowest BCUT2D eigenvalue weighted by Gasteiger charge is -2.24. The molecule has 0 spiro atoms. The van der Waals surface area contributed by atoms with Crippen molar-refractivity contribution in [1.29, 1.82) is 0 Å². The topological polar surface area (TPSA) is 58.6 Å². The molecular formula is C19H33ClN2O3S. The predicted octanol–water partition coefficient (Wildman–Crippen LogP) is 3.62. The van der Waals surface area contributed by atoms with E-state index in [-0.39, 0.29) is 36.7 Å². The predicted molar refractivity (Wildman–Crippen MR) is 110 cm³/mol. The molecule has 0 aliphatic heterocycles. The fourth-order valence-corrected chi connectivity index (χ4v) is 3.41. The van der Waals surface area contributed by atoms with Gasteiger partial charge in [-0.2, -0.15) is 0 Å². The molecule has 0 saturated heterocycles. The molecule has 1 aromatic heterocycles. The molecule has 5 nitrogen and oxygen atoms in total. The van der Waals surface area contributed by atoms with Crippen molar-refractivity contribution in [1.82, 2.24) is 10.2 Å². The summed E-state index contributed by atoms with van der Waals surface area (Å²) in [5, 5.41) is 5.15. The van der Waals surface area contributed by atoms with Crippen molar-refractivity contribution in [3.63, 3.8) is 0 Å². The molecule has 1 aromatic rings. The van der Waals surface area contributed by atoms with Crippen molar-refractivity contribution in [3.05, 3.63) is 21.9 Å². The normalized spacial score (nSPS) is 12.2. The van der Waals surface area contributed by atoms with E-state index in [1.165, 1.54) is 10.5 Å². The summed E-state index contributed by atoms with van der Waals surface area (Å²) in [6.45, 7) is 8.38. The number of carbonyl (C=O) groups excluding carboxylic acids is 2. The molecule has 0 bridgehead atoms. The molecule has 1 N–H and O–H groups in total. The Morgan fingerprint density at radius 3 is 2.50 bits per heavy atom. The van der Waals surface area contributed by atoms with Crippen LogP contribution in [0.3, 0.4) is 0 Å². The molecule has 1 unspecified atom stereocenters. The van der Waals surface area contributed by atoms with Crippen LogP contribution in [-0.4, -0.2) is 49.6 Å². The van der Waals surface area contributed by atoms with Gasteiger partial charge in [-0.15, -0.1) is 23.7 Å². The third-order valence-electron chi connectivity index (χ3n) is 3.71. The van der Waals surface area contributed by atoms with Crippen molar-refractivity contribution >= 4 is 35.6 Å². The monoisotopic (exact) mass is 404 g/mol. The van der Waals surface area contributed by atoms with Gasteiger partial charge in [-0.1, -0.05) is 13.3 Å². The summed E-state index contributed by atoms with van der Waals surface area (Å²) >= 11 is 1.59. The minimum atomic E-state index is -0.532. The van der Waals surface area contributed by atoms with Crippen LogP contribution in [0.15, 0.2) is 11.4 Å². The molecule has 1 heterocycles. The van der Waals surface area contributed by atoms with E-state index in [2.05, 4.69) is 18.3 Å². The second-order valence-corrected chi connectivity index (χ2v) is 8.37. The molecule has 7 heteroatoms. The largest absolute Gasteiger partial charge is 0.459 e. The number of esters is 1. The molecule has 150 valence electrons. The van der Waals surface area contributed by atoms with E-state index >= 15 is 0 Å². The van der Waals surface area contributed by atoms with Gasteiger partial charge < -0.3 is 15.0 Å². The van der Waals surface area contributed by atoms with E-state index in [9.17, 15) is 9.59 Å². The summed E-state index contributed by atoms with van der Waals surface area (Å²) in [5.41, 5.74) is 0.679. The van der Waals surface area contributed by atoms with E-state index in [4.69, 9.17) is 4.74 Å². The zero-order chi connectivity index (χ0) is 19.0. The van der Waals surface area contributed by atoms with Gasteiger partial charge in [-0.3, -0.25) is 9.59 Å². The van der Waals surface area contributed by atoms with E-state index in [0.717, 1.165) is 24.1 Å². The number of nitrogens with zero attached hydrogens (tertiary/aromatic N) is 1. The zero-order valence-corrected chi connectivity index (χ0v) is 18.4. The first-order chi connectivity index (χ1) is 11.7. The number of amides is 1. The van der Waals surface area contributed by atoms with E-state index < -0.39 is 5.60 Å². The second-order valence-electron chi connectivity index (χ2n) is 7.42. The van der Waals surface area contributed by atoms with Gasteiger partial charge in [-0.05, 0) is 50.6 Å². The minimum Gasteiger partial charge on any atom is -0.459 e. The Morgan fingerprint density at radius 1 is 1.31 bits per heavy atom. The van der Waals surface area contributed by atoms with Crippen LogP contribution in [0, 0.1) is 0 Å². The Morgan fingerprint density at radius 2 is 1.96 bits per heavy atom. The average molecular weight is 405 g/mol. The highest BCUT2D eigenvalue weighted by Gasteiger charge is 2.29. The molecule has 0 radical (unpaired) electrons. The SMILES string of the molecule is CCCCc1ccsc1C(CNCC(=O)N(C)C)C(=O)OC(C)(C)C.Cl. The van der Waals surface area contributed by atoms with Crippen molar-refractivity contribution in [2.45, 2.75) is 58.5 Å². The van der Waals surface area contributed by atoms with Crippen LogP contribution in [0.2, 0.25) is 0 Å². The Balaban J connectivity index is 0.00000625. The van der Waals surface area contributed by atoms with Gasteiger partial charge in [0.1, 0.15) is 11.5 Å². The highest BCUT2D eigenvalue weighted by molar-refractivity contribution is 7.10. The van der Waals surface area contributed by atoms with Crippen LogP contribution in [0.4, 0.5) is 0 Å². The lowest BCUT2D eigenvalue weighted by atomic mass is 10.00. The number of likely N-dealkylation sites (N-methyl/N-ethyl adjacent to an activating group) is 1. The number of ether oxygens (including phenoxy) is 1. The minimum absolute atomic E-state index is 0. The lowest BCUT2D eigenvalue weighted by molar-refractivity contribution is -0.156. The maximum absolute atomic E-state index is 12.7. The van der Waals surface area contributed by atoms with E-state index in [1.54, 1.807) is 25.4 Å². The molecule has 0 saturated carbocycles. The van der Waals surface area contributed by atoms with Gasteiger partial charge in [0.05, 0.1) is 6.54 Å². The van der Waals surface area contributed by atoms with E-state index in [1.807, 2.05) is 26.2 Å². The number of thiophene rings is 1. The molecule has 1 rings (SSSR count). The van der Waals surface area contributed by atoms with Gasteiger partial charge >= 0.3 is 5.97 Å².